The Kier molecular flexibility index (Phi) is 4.57. The highest BCUT2D eigenvalue weighted by Gasteiger charge is 2.16. The Morgan fingerprint density at radius 3 is 3.00 bits per heavy atom. The molecule has 0 aliphatic carbocycles. The van der Waals surface area contributed by atoms with Gasteiger partial charge in [-0.15, -0.1) is 0 Å². The highest BCUT2D eigenvalue weighted by atomic mass is 35.5. The standard InChI is InChI=1S/C13H15ClN4O2/c1-9(6-18-8-15-7-16-18)13(19)17-11-5-10(14)3-4-12(11)20-2/h3-5,7-9H,6H2,1-2H3,(H,17,19)/t9-/m0/s1. The Hall–Kier alpha value is -2.08. The number of nitrogens with zero attached hydrogens (tertiary/aromatic N) is 3. The predicted octanol–water partition coefficient (Wildman–Crippen LogP) is 2.21. The molecule has 20 heavy (non-hydrogen) atoms. The van der Waals surface area contributed by atoms with Crippen LogP contribution >= 0.6 is 11.6 Å². The average molecular weight is 295 g/mol. The molecule has 1 aromatic carbocycles. The van der Waals surface area contributed by atoms with Crippen LogP contribution in [-0.2, 0) is 11.3 Å². The van der Waals surface area contributed by atoms with Crippen LogP contribution in [0.2, 0.25) is 5.02 Å². The van der Waals surface area contributed by atoms with Gasteiger partial charge >= 0.3 is 0 Å². The molecule has 6 nitrogen and oxygen atoms in total. The van der Waals surface area contributed by atoms with E-state index in [9.17, 15) is 4.79 Å². The quantitative estimate of drug-likeness (QED) is 0.918. The van der Waals surface area contributed by atoms with E-state index in [-0.39, 0.29) is 11.8 Å². The summed E-state index contributed by atoms with van der Waals surface area (Å²) >= 11 is 5.92. The number of ether oxygens (including phenoxy) is 1. The Morgan fingerprint density at radius 2 is 2.35 bits per heavy atom. The van der Waals surface area contributed by atoms with Crippen LogP contribution in [0.1, 0.15) is 6.92 Å². The van der Waals surface area contributed by atoms with E-state index in [0.717, 1.165) is 0 Å². The molecule has 2 rings (SSSR count). The summed E-state index contributed by atoms with van der Waals surface area (Å²) in [5.41, 5.74) is 0.551. The monoisotopic (exact) mass is 294 g/mol. The Bertz CT molecular complexity index is 586. The van der Waals surface area contributed by atoms with Crippen molar-refractivity contribution in [3.8, 4) is 5.75 Å². The first-order valence-corrected chi connectivity index (χ1v) is 6.44. The molecule has 0 aliphatic rings. The molecule has 7 heteroatoms. The van der Waals surface area contributed by atoms with Crippen LogP contribution in [-0.4, -0.2) is 27.8 Å². The first-order valence-electron chi connectivity index (χ1n) is 6.07. The fraction of sp³-hybridized carbons (Fsp3) is 0.308. The normalized spacial score (nSPS) is 11.9. The van der Waals surface area contributed by atoms with Crippen LogP contribution in [0.15, 0.2) is 30.9 Å². The van der Waals surface area contributed by atoms with E-state index in [2.05, 4.69) is 15.4 Å². The second-order valence-electron chi connectivity index (χ2n) is 4.35. The Labute approximate surface area is 121 Å². The van der Waals surface area contributed by atoms with E-state index in [4.69, 9.17) is 16.3 Å². The van der Waals surface area contributed by atoms with Gasteiger partial charge in [0.1, 0.15) is 18.4 Å². The van der Waals surface area contributed by atoms with Crippen molar-refractivity contribution < 1.29 is 9.53 Å². The van der Waals surface area contributed by atoms with Crippen LogP contribution in [0.4, 0.5) is 5.69 Å². The van der Waals surface area contributed by atoms with Gasteiger partial charge in [0.25, 0.3) is 0 Å². The summed E-state index contributed by atoms with van der Waals surface area (Å²) in [6.45, 7) is 2.27. The first-order chi connectivity index (χ1) is 9.60. The van der Waals surface area contributed by atoms with Gasteiger partial charge in [-0.3, -0.25) is 9.48 Å². The van der Waals surface area contributed by atoms with Gasteiger partial charge in [0.15, 0.2) is 0 Å². The molecule has 1 atom stereocenters. The summed E-state index contributed by atoms with van der Waals surface area (Å²) in [4.78, 5) is 16.0. The van der Waals surface area contributed by atoms with Crippen molar-refractivity contribution in [2.45, 2.75) is 13.5 Å². The smallest absolute Gasteiger partial charge is 0.229 e. The molecule has 0 bridgehead atoms. The van der Waals surface area contributed by atoms with Crippen molar-refractivity contribution in [3.63, 3.8) is 0 Å². The van der Waals surface area contributed by atoms with E-state index >= 15 is 0 Å². The van der Waals surface area contributed by atoms with Crippen LogP contribution in [0.5, 0.6) is 5.75 Å². The van der Waals surface area contributed by atoms with E-state index in [1.807, 2.05) is 6.92 Å². The number of carbonyl (C=O) groups is 1. The lowest BCUT2D eigenvalue weighted by Gasteiger charge is -2.14. The highest BCUT2D eigenvalue weighted by molar-refractivity contribution is 6.31. The number of aromatic nitrogens is 3. The van der Waals surface area contributed by atoms with Gasteiger partial charge in [0.05, 0.1) is 25.3 Å². The maximum absolute atomic E-state index is 12.1. The molecule has 0 radical (unpaired) electrons. The summed E-state index contributed by atoms with van der Waals surface area (Å²) < 4.78 is 6.80. The van der Waals surface area contributed by atoms with Crippen molar-refractivity contribution in [2.75, 3.05) is 12.4 Å². The summed E-state index contributed by atoms with van der Waals surface area (Å²) in [6.07, 6.45) is 3.01. The molecule has 0 unspecified atom stereocenters. The second-order valence-corrected chi connectivity index (χ2v) is 4.79. The van der Waals surface area contributed by atoms with E-state index in [1.54, 1.807) is 29.2 Å². The predicted molar refractivity (Wildman–Crippen MR) is 75.8 cm³/mol. The van der Waals surface area contributed by atoms with Gasteiger partial charge in [-0.2, -0.15) is 5.10 Å². The number of halogens is 1. The lowest BCUT2D eigenvalue weighted by molar-refractivity contribution is -0.119. The molecule has 1 N–H and O–H groups in total. The van der Waals surface area contributed by atoms with E-state index in [1.165, 1.54) is 13.4 Å². The van der Waals surface area contributed by atoms with Gasteiger partial charge in [-0.1, -0.05) is 18.5 Å². The van der Waals surface area contributed by atoms with E-state index in [0.29, 0.717) is 23.0 Å². The fourth-order valence-electron chi connectivity index (χ4n) is 1.72. The molecule has 0 spiro atoms. The number of hydrogen-bond donors (Lipinski definition) is 1. The first kappa shape index (κ1) is 14.3. The molecule has 0 fully saturated rings. The minimum absolute atomic E-state index is 0.138. The third kappa shape index (κ3) is 3.48. The van der Waals surface area contributed by atoms with Crippen molar-refractivity contribution in [2.24, 2.45) is 5.92 Å². The highest BCUT2D eigenvalue weighted by Crippen LogP contribution is 2.28. The molecule has 1 amide bonds. The molecule has 106 valence electrons. The number of benzene rings is 1. The summed E-state index contributed by atoms with van der Waals surface area (Å²) in [7, 11) is 1.54. The zero-order valence-corrected chi connectivity index (χ0v) is 12.0. The Morgan fingerprint density at radius 1 is 1.55 bits per heavy atom. The van der Waals surface area contributed by atoms with Gasteiger partial charge < -0.3 is 10.1 Å². The third-order valence-corrected chi connectivity index (χ3v) is 3.03. The molecule has 1 aromatic heterocycles. The van der Waals surface area contributed by atoms with Gasteiger partial charge in [0.2, 0.25) is 5.91 Å². The largest absolute Gasteiger partial charge is 0.495 e. The number of amides is 1. The molecule has 0 saturated carbocycles. The number of rotatable bonds is 5. The lowest BCUT2D eigenvalue weighted by Crippen LogP contribution is -2.24. The minimum atomic E-state index is -0.264. The number of carbonyl (C=O) groups excluding carboxylic acids is 1. The number of hydrogen-bond acceptors (Lipinski definition) is 4. The summed E-state index contributed by atoms with van der Waals surface area (Å²) in [5, 5.41) is 7.31. The summed E-state index contributed by atoms with van der Waals surface area (Å²) in [5.74, 6) is 0.164. The summed E-state index contributed by atoms with van der Waals surface area (Å²) in [6, 6.07) is 5.06. The van der Waals surface area contributed by atoms with Crippen molar-refractivity contribution in [3.05, 3.63) is 35.9 Å². The molecule has 1 heterocycles. The maximum atomic E-state index is 12.1. The van der Waals surface area contributed by atoms with Crippen LogP contribution in [0.3, 0.4) is 0 Å². The van der Waals surface area contributed by atoms with Crippen LogP contribution < -0.4 is 10.1 Å². The second kappa shape index (κ2) is 6.38. The van der Waals surface area contributed by atoms with Crippen LogP contribution in [0, 0.1) is 5.92 Å². The number of anilines is 1. The van der Waals surface area contributed by atoms with Crippen molar-refractivity contribution >= 4 is 23.2 Å². The van der Waals surface area contributed by atoms with E-state index < -0.39 is 0 Å². The number of nitrogens with one attached hydrogen (secondary N) is 1. The van der Waals surface area contributed by atoms with Crippen LogP contribution in [0.25, 0.3) is 0 Å². The van der Waals surface area contributed by atoms with Crippen molar-refractivity contribution in [1.29, 1.82) is 0 Å². The lowest BCUT2D eigenvalue weighted by atomic mass is 10.1. The zero-order valence-electron chi connectivity index (χ0n) is 11.2. The van der Waals surface area contributed by atoms with Crippen molar-refractivity contribution in [1.82, 2.24) is 14.8 Å². The maximum Gasteiger partial charge on any atom is 0.229 e. The average Bonchev–Trinajstić information content (AvgIpc) is 2.91. The third-order valence-electron chi connectivity index (χ3n) is 2.79. The fourth-order valence-corrected chi connectivity index (χ4v) is 1.90. The molecular weight excluding hydrogens is 280 g/mol. The van der Waals surface area contributed by atoms with Gasteiger partial charge in [-0.05, 0) is 18.2 Å². The number of methoxy groups -OCH3 is 1. The molecular formula is C13H15ClN4O2. The SMILES string of the molecule is COc1ccc(Cl)cc1NC(=O)[C@@H](C)Cn1cncn1. The molecule has 0 saturated heterocycles. The zero-order chi connectivity index (χ0) is 14.5. The minimum Gasteiger partial charge on any atom is -0.495 e. The Balaban J connectivity index is 2.05. The van der Waals surface area contributed by atoms with Gasteiger partial charge in [0, 0.05) is 5.02 Å². The topological polar surface area (TPSA) is 69.0 Å². The molecule has 2 aromatic rings. The van der Waals surface area contributed by atoms with Gasteiger partial charge in [-0.25, -0.2) is 4.98 Å². The molecule has 0 aliphatic heterocycles.